The van der Waals surface area contributed by atoms with Crippen LogP contribution in [-0.2, 0) is 7.05 Å². The zero-order valence-electron chi connectivity index (χ0n) is 10.4. The molecule has 94 valence electrons. The summed E-state index contributed by atoms with van der Waals surface area (Å²) in [6.45, 7) is 3.73. The molecule has 1 N–H and O–H groups in total. The molecular formula is C13H13FN2O2. The van der Waals surface area contributed by atoms with Gasteiger partial charge in [-0.05, 0) is 31.5 Å². The normalized spacial score (nSPS) is 10.7. The van der Waals surface area contributed by atoms with Gasteiger partial charge >= 0.3 is 5.97 Å². The van der Waals surface area contributed by atoms with Crippen LogP contribution < -0.4 is 0 Å². The van der Waals surface area contributed by atoms with Gasteiger partial charge in [0.25, 0.3) is 0 Å². The molecule has 0 aliphatic carbocycles. The molecule has 0 radical (unpaired) electrons. The SMILES string of the molecule is Cc1nn(C)c(C)c1-c1ccc(C(=O)O)c(F)c1. The van der Waals surface area contributed by atoms with Crippen molar-refractivity contribution < 1.29 is 14.3 Å². The number of nitrogens with zero attached hydrogens (tertiary/aromatic N) is 2. The van der Waals surface area contributed by atoms with Gasteiger partial charge in [-0.3, -0.25) is 4.68 Å². The second-order valence-electron chi connectivity index (χ2n) is 4.17. The number of aromatic nitrogens is 2. The van der Waals surface area contributed by atoms with Crippen LogP contribution in [0.1, 0.15) is 21.7 Å². The zero-order chi connectivity index (χ0) is 13.4. The van der Waals surface area contributed by atoms with Crippen molar-refractivity contribution in [3.8, 4) is 11.1 Å². The molecule has 0 spiro atoms. The molecule has 2 rings (SSSR count). The number of halogens is 1. The molecule has 2 aromatic rings. The van der Waals surface area contributed by atoms with E-state index in [4.69, 9.17) is 5.11 Å². The summed E-state index contributed by atoms with van der Waals surface area (Å²) in [5, 5.41) is 13.0. The van der Waals surface area contributed by atoms with Crippen molar-refractivity contribution in [3.05, 3.63) is 41.0 Å². The van der Waals surface area contributed by atoms with Crippen molar-refractivity contribution in [2.75, 3.05) is 0 Å². The molecule has 5 heteroatoms. The summed E-state index contributed by atoms with van der Waals surface area (Å²) < 4.78 is 15.4. The summed E-state index contributed by atoms with van der Waals surface area (Å²) in [4.78, 5) is 10.8. The minimum atomic E-state index is -1.27. The lowest BCUT2D eigenvalue weighted by Gasteiger charge is -2.04. The van der Waals surface area contributed by atoms with Gasteiger partial charge in [-0.15, -0.1) is 0 Å². The summed E-state index contributed by atoms with van der Waals surface area (Å²) in [5.41, 5.74) is 2.86. The third kappa shape index (κ3) is 1.88. The molecule has 0 fully saturated rings. The van der Waals surface area contributed by atoms with Gasteiger partial charge in [-0.25, -0.2) is 9.18 Å². The van der Waals surface area contributed by atoms with E-state index in [1.165, 1.54) is 12.1 Å². The maximum absolute atomic E-state index is 13.6. The molecule has 0 amide bonds. The van der Waals surface area contributed by atoms with Crippen LogP contribution in [0.2, 0.25) is 0 Å². The van der Waals surface area contributed by atoms with Crippen LogP contribution >= 0.6 is 0 Å². The molecule has 1 aromatic carbocycles. The molecular weight excluding hydrogens is 235 g/mol. The van der Waals surface area contributed by atoms with Crippen LogP contribution in [0.4, 0.5) is 4.39 Å². The fourth-order valence-corrected chi connectivity index (χ4v) is 2.04. The van der Waals surface area contributed by atoms with E-state index in [1.807, 2.05) is 20.9 Å². The molecule has 1 aromatic heterocycles. The molecule has 1 heterocycles. The summed E-state index contributed by atoms with van der Waals surface area (Å²) in [6, 6.07) is 4.11. The fraction of sp³-hybridized carbons (Fsp3) is 0.231. The Morgan fingerprint density at radius 1 is 1.39 bits per heavy atom. The molecule has 0 bridgehead atoms. The Morgan fingerprint density at radius 3 is 2.50 bits per heavy atom. The molecule has 0 saturated carbocycles. The highest BCUT2D eigenvalue weighted by molar-refractivity contribution is 5.88. The second kappa shape index (κ2) is 4.25. The van der Waals surface area contributed by atoms with Crippen molar-refractivity contribution in [3.63, 3.8) is 0 Å². The van der Waals surface area contributed by atoms with E-state index < -0.39 is 11.8 Å². The minimum Gasteiger partial charge on any atom is -0.478 e. The largest absolute Gasteiger partial charge is 0.478 e. The molecule has 0 aliphatic rings. The standard InChI is InChI=1S/C13H13FN2O2/c1-7-12(8(2)16(3)15-7)9-4-5-10(13(17)18)11(14)6-9/h4-6H,1-3H3,(H,17,18). The van der Waals surface area contributed by atoms with Gasteiger partial charge in [0.15, 0.2) is 0 Å². The van der Waals surface area contributed by atoms with Crippen LogP contribution in [0.5, 0.6) is 0 Å². The third-order valence-electron chi connectivity index (χ3n) is 3.00. The van der Waals surface area contributed by atoms with E-state index in [-0.39, 0.29) is 5.56 Å². The number of aromatic carboxylic acids is 1. The van der Waals surface area contributed by atoms with E-state index in [9.17, 15) is 9.18 Å². The first kappa shape index (κ1) is 12.3. The van der Waals surface area contributed by atoms with Crippen molar-refractivity contribution in [1.82, 2.24) is 9.78 Å². The smallest absolute Gasteiger partial charge is 0.338 e. The monoisotopic (exact) mass is 248 g/mol. The van der Waals surface area contributed by atoms with Crippen molar-refractivity contribution in [2.45, 2.75) is 13.8 Å². The average molecular weight is 248 g/mol. The highest BCUT2D eigenvalue weighted by Crippen LogP contribution is 2.27. The van der Waals surface area contributed by atoms with E-state index in [0.29, 0.717) is 5.56 Å². The zero-order valence-corrected chi connectivity index (χ0v) is 10.4. The van der Waals surface area contributed by atoms with Crippen molar-refractivity contribution in [1.29, 1.82) is 0 Å². The lowest BCUT2D eigenvalue weighted by atomic mass is 10.0. The summed E-state index contributed by atoms with van der Waals surface area (Å²) >= 11 is 0. The van der Waals surface area contributed by atoms with Gasteiger partial charge in [-0.1, -0.05) is 6.07 Å². The van der Waals surface area contributed by atoms with E-state index in [2.05, 4.69) is 5.10 Å². The number of carbonyl (C=O) groups is 1. The highest BCUT2D eigenvalue weighted by Gasteiger charge is 2.15. The Balaban J connectivity index is 2.59. The molecule has 0 atom stereocenters. The second-order valence-corrected chi connectivity index (χ2v) is 4.17. The average Bonchev–Trinajstić information content (AvgIpc) is 2.52. The maximum Gasteiger partial charge on any atom is 0.338 e. The Bertz CT molecular complexity index is 632. The lowest BCUT2D eigenvalue weighted by molar-refractivity contribution is 0.0692. The number of benzene rings is 1. The Labute approximate surface area is 104 Å². The van der Waals surface area contributed by atoms with Gasteiger partial charge in [0, 0.05) is 18.3 Å². The van der Waals surface area contributed by atoms with Gasteiger partial charge in [0.1, 0.15) is 5.82 Å². The molecule has 18 heavy (non-hydrogen) atoms. The number of carboxylic acids is 1. The number of rotatable bonds is 2. The molecule has 0 saturated heterocycles. The van der Waals surface area contributed by atoms with Crippen LogP contribution in [-0.4, -0.2) is 20.9 Å². The Hall–Kier alpha value is -2.17. The first-order valence-electron chi connectivity index (χ1n) is 5.45. The van der Waals surface area contributed by atoms with Crippen molar-refractivity contribution >= 4 is 5.97 Å². The fourth-order valence-electron chi connectivity index (χ4n) is 2.04. The molecule has 0 aliphatic heterocycles. The Kier molecular flexibility index (Phi) is 2.90. The first-order valence-corrected chi connectivity index (χ1v) is 5.45. The van der Waals surface area contributed by atoms with Gasteiger partial charge < -0.3 is 5.11 Å². The highest BCUT2D eigenvalue weighted by atomic mass is 19.1. The quantitative estimate of drug-likeness (QED) is 0.888. The topological polar surface area (TPSA) is 55.1 Å². The Morgan fingerprint density at radius 2 is 2.06 bits per heavy atom. The van der Waals surface area contributed by atoms with E-state index in [0.717, 1.165) is 17.0 Å². The van der Waals surface area contributed by atoms with Gasteiger partial charge in [-0.2, -0.15) is 5.10 Å². The third-order valence-corrected chi connectivity index (χ3v) is 3.00. The lowest BCUT2D eigenvalue weighted by Crippen LogP contribution is -2.00. The summed E-state index contributed by atoms with van der Waals surface area (Å²) in [6.07, 6.45) is 0. The summed E-state index contributed by atoms with van der Waals surface area (Å²) in [5.74, 6) is -2.00. The van der Waals surface area contributed by atoms with Crippen LogP contribution in [0, 0.1) is 19.7 Å². The number of carboxylic acid groups (broad SMARTS) is 1. The predicted octanol–water partition coefficient (Wildman–Crippen LogP) is 2.54. The van der Waals surface area contributed by atoms with Crippen molar-refractivity contribution in [2.24, 2.45) is 7.05 Å². The molecule has 0 unspecified atom stereocenters. The van der Waals surface area contributed by atoms with Crippen LogP contribution in [0.3, 0.4) is 0 Å². The number of hydrogen-bond acceptors (Lipinski definition) is 2. The summed E-state index contributed by atoms with van der Waals surface area (Å²) in [7, 11) is 1.81. The van der Waals surface area contributed by atoms with E-state index >= 15 is 0 Å². The first-order chi connectivity index (χ1) is 8.41. The van der Waals surface area contributed by atoms with Gasteiger partial charge in [0.05, 0.1) is 11.3 Å². The minimum absolute atomic E-state index is 0.321. The van der Waals surface area contributed by atoms with Gasteiger partial charge in [0.2, 0.25) is 0 Å². The van der Waals surface area contributed by atoms with Crippen LogP contribution in [0.15, 0.2) is 18.2 Å². The van der Waals surface area contributed by atoms with E-state index in [1.54, 1.807) is 10.7 Å². The van der Waals surface area contributed by atoms with Crippen LogP contribution in [0.25, 0.3) is 11.1 Å². The molecule has 4 nitrogen and oxygen atoms in total. The maximum atomic E-state index is 13.6. The number of aryl methyl sites for hydroxylation is 2. The predicted molar refractivity (Wildman–Crippen MR) is 65.0 cm³/mol. The number of hydrogen-bond donors (Lipinski definition) is 1.